The Hall–Kier alpha value is -3.77. The van der Waals surface area contributed by atoms with E-state index in [-0.39, 0.29) is 60.2 Å². The first-order chi connectivity index (χ1) is 23.3. The SMILES string of the molecule is C=C1C(NC(C)C(=O)CC2=NCC=N2)CC2[C@](C)(CC[C@@H](O)[C@@]2(C)CO)C1/C=C/C1=CC(=C\C2=CN3C(=O)C(CC)N(C)C3C=C2)/OC1=O. The smallest absolute Gasteiger partial charge is 0.343 e. The van der Waals surface area contributed by atoms with Crippen molar-refractivity contribution in [2.75, 3.05) is 20.2 Å². The van der Waals surface area contributed by atoms with Crippen LogP contribution in [-0.2, 0) is 19.1 Å². The predicted octanol–water partition coefficient (Wildman–Crippen LogP) is 3.38. The third kappa shape index (κ3) is 6.26. The molecule has 2 aliphatic carbocycles. The molecule has 0 aromatic carbocycles. The highest BCUT2D eigenvalue weighted by Crippen LogP contribution is 2.61. The van der Waals surface area contributed by atoms with Gasteiger partial charge in [-0.2, -0.15) is 0 Å². The number of ketones is 1. The highest BCUT2D eigenvalue weighted by molar-refractivity contribution is 6.07. The Morgan fingerprint density at radius 2 is 2.08 bits per heavy atom. The number of cyclic esters (lactones) is 1. The number of hydrogen-bond acceptors (Lipinski definition) is 10. The number of nitrogens with one attached hydrogen (secondary N) is 1. The van der Waals surface area contributed by atoms with Crippen LogP contribution in [0.1, 0.15) is 59.8 Å². The molecule has 0 bridgehead atoms. The Bertz CT molecular complexity index is 1640. The van der Waals surface area contributed by atoms with E-state index < -0.39 is 23.5 Å². The van der Waals surface area contributed by atoms with Gasteiger partial charge < -0.3 is 20.3 Å². The summed E-state index contributed by atoms with van der Waals surface area (Å²) in [6.45, 7) is 12.8. The van der Waals surface area contributed by atoms with Crippen molar-refractivity contribution in [2.24, 2.45) is 32.7 Å². The summed E-state index contributed by atoms with van der Waals surface area (Å²) in [5, 5.41) is 25.3. The van der Waals surface area contributed by atoms with Crippen molar-refractivity contribution in [3.05, 3.63) is 71.7 Å². The first-order valence-electron chi connectivity index (χ1n) is 17.4. The van der Waals surface area contributed by atoms with Gasteiger partial charge in [0.25, 0.3) is 0 Å². The molecule has 3 fully saturated rings. The van der Waals surface area contributed by atoms with Crippen LogP contribution in [0.25, 0.3) is 0 Å². The van der Waals surface area contributed by atoms with E-state index in [4.69, 9.17) is 4.74 Å². The molecule has 0 aromatic rings. The molecule has 0 radical (unpaired) electrons. The number of hydrogen-bond donors (Lipinski definition) is 3. The van der Waals surface area contributed by atoms with Crippen molar-refractivity contribution < 1.29 is 29.3 Å². The lowest BCUT2D eigenvalue weighted by Gasteiger charge is -2.61. The molecule has 6 aliphatic rings. The molecule has 6 rings (SSSR count). The molecule has 262 valence electrons. The highest BCUT2D eigenvalue weighted by Gasteiger charge is 2.59. The van der Waals surface area contributed by atoms with Crippen molar-refractivity contribution >= 4 is 29.7 Å². The van der Waals surface area contributed by atoms with Crippen molar-refractivity contribution in [2.45, 2.75) is 90.2 Å². The van der Waals surface area contributed by atoms with Gasteiger partial charge in [-0.15, -0.1) is 0 Å². The van der Waals surface area contributed by atoms with Gasteiger partial charge in [0, 0.05) is 29.8 Å². The molecular weight excluding hydrogens is 622 g/mol. The van der Waals surface area contributed by atoms with Gasteiger partial charge in [-0.05, 0) is 74.8 Å². The number of carbonyl (C=O) groups excluding carboxylic acids is 3. The van der Waals surface area contributed by atoms with Crippen LogP contribution in [0.2, 0.25) is 0 Å². The molecule has 2 saturated carbocycles. The number of aliphatic hydroxyl groups is 2. The van der Waals surface area contributed by atoms with Crippen LogP contribution < -0.4 is 5.32 Å². The zero-order valence-corrected chi connectivity index (χ0v) is 29.1. The largest absolute Gasteiger partial charge is 0.423 e. The lowest BCUT2D eigenvalue weighted by atomic mass is 9.45. The molecule has 0 spiro atoms. The maximum absolute atomic E-state index is 13.1. The van der Waals surface area contributed by atoms with Crippen molar-refractivity contribution in [1.82, 2.24) is 15.1 Å². The average Bonchev–Trinajstić information content (AvgIpc) is 3.78. The fourth-order valence-electron chi connectivity index (χ4n) is 8.88. The molecule has 9 atom stereocenters. The second-order valence-corrected chi connectivity index (χ2v) is 14.8. The molecule has 4 aliphatic heterocycles. The van der Waals surface area contributed by atoms with Crippen molar-refractivity contribution in [3.8, 4) is 0 Å². The summed E-state index contributed by atoms with van der Waals surface area (Å²) in [5.41, 5.74) is 0.902. The van der Waals surface area contributed by atoms with Crippen molar-refractivity contribution in [1.29, 1.82) is 0 Å². The van der Waals surface area contributed by atoms with Crippen molar-refractivity contribution in [3.63, 3.8) is 0 Å². The summed E-state index contributed by atoms with van der Waals surface area (Å²) in [6, 6.07) is -0.936. The Balaban J connectivity index is 1.25. The van der Waals surface area contributed by atoms with Gasteiger partial charge in [-0.3, -0.25) is 24.4 Å². The lowest BCUT2D eigenvalue weighted by Crippen LogP contribution is -2.61. The molecule has 0 aromatic heterocycles. The third-order valence-electron chi connectivity index (χ3n) is 11.9. The number of aliphatic hydroxyl groups excluding tert-OH is 2. The van der Waals surface area contributed by atoms with E-state index >= 15 is 0 Å². The fraction of sp³-hybridized carbons (Fsp3) is 0.553. The maximum Gasteiger partial charge on any atom is 0.343 e. The Morgan fingerprint density at radius 3 is 2.78 bits per heavy atom. The normalized spacial score (nSPS) is 37.4. The number of esters is 1. The minimum absolute atomic E-state index is 0.0254. The van der Waals surface area contributed by atoms with Crippen LogP contribution in [0.4, 0.5) is 0 Å². The van der Waals surface area contributed by atoms with E-state index in [0.717, 1.165) is 17.6 Å². The third-order valence-corrected chi connectivity index (χ3v) is 11.9. The summed E-state index contributed by atoms with van der Waals surface area (Å²) in [4.78, 5) is 51.4. The standard InChI is InChI=1S/C38H49N5O6/c1-7-29-35(47)43-20-24(8-11-34(43)42(29)6)16-26-17-25(36(48)49-26)9-10-27-22(2)28(41-23(3)30(45)19-33-39-14-15-40-33)18-31-37(27,4)13-12-32(46)38(31,5)21-44/h8-11,14,16-17,20,23,27-29,31-32,34,41,44,46H,2,7,12-13,15,18-19,21H2,1,3-6H3/b10-9+,26-16+/t23?,27?,28?,29?,31?,32-,34?,37-,38+/m1/s1. The van der Waals surface area contributed by atoms with Crippen LogP contribution in [0.15, 0.2) is 81.7 Å². The number of fused-ring (bicyclic) bond motifs is 2. The first-order valence-corrected chi connectivity index (χ1v) is 17.4. The van der Waals surface area contributed by atoms with E-state index in [0.29, 0.717) is 43.0 Å². The van der Waals surface area contributed by atoms with Gasteiger partial charge in [0.1, 0.15) is 17.8 Å². The fourth-order valence-corrected chi connectivity index (χ4v) is 8.88. The number of ether oxygens (including phenoxy) is 1. The van der Waals surface area contributed by atoms with E-state index in [9.17, 15) is 24.6 Å². The van der Waals surface area contributed by atoms with Crippen LogP contribution in [0.3, 0.4) is 0 Å². The summed E-state index contributed by atoms with van der Waals surface area (Å²) < 4.78 is 5.63. The summed E-state index contributed by atoms with van der Waals surface area (Å²) >= 11 is 0. The van der Waals surface area contributed by atoms with Crippen LogP contribution in [0.5, 0.6) is 0 Å². The Labute approximate surface area is 288 Å². The average molecular weight is 672 g/mol. The summed E-state index contributed by atoms with van der Waals surface area (Å²) in [6.07, 6.45) is 16.5. The molecule has 11 heteroatoms. The summed E-state index contributed by atoms with van der Waals surface area (Å²) in [7, 11) is 1.95. The number of amidine groups is 1. The van der Waals surface area contributed by atoms with Crippen LogP contribution in [-0.4, -0.2) is 100 Å². The number of amides is 1. The number of rotatable bonds is 10. The number of carbonyl (C=O) groups is 3. The minimum Gasteiger partial charge on any atom is -0.423 e. The molecule has 1 saturated heterocycles. The van der Waals surface area contributed by atoms with Gasteiger partial charge >= 0.3 is 5.97 Å². The summed E-state index contributed by atoms with van der Waals surface area (Å²) in [5.74, 6) is 0.139. The van der Waals surface area contributed by atoms with E-state index in [1.165, 1.54) is 0 Å². The number of nitrogens with zero attached hydrogens (tertiary/aromatic N) is 4. The predicted molar refractivity (Wildman–Crippen MR) is 187 cm³/mol. The Morgan fingerprint density at radius 1 is 1.31 bits per heavy atom. The second kappa shape index (κ2) is 13.5. The molecule has 6 unspecified atom stereocenters. The molecule has 3 N–H and O–H groups in total. The lowest BCUT2D eigenvalue weighted by molar-refractivity contribution is -0.149. The zero-order chi connectivity index (χ0) is 35.2. The molecule has 49 heavy (non-hydrogen) atoms. The molecule has 1 amide bonds. The second-order valence-electron chi connectivity index (χ2n) is 14.8. The van der Waals surface area contributed by atoms with Gasteiger partial charge in [0.15, 0.2) is 5.78 Å². The van der Waals surface area contributed by atoms with Gasteiger partial charge in [0.05, 0.1) is 43.3 Å². The van der Waals surface area contributed by atoms with Crippen LogP contribution >= 0.6 is 0 Å². The Kier molecular flexibility index (Phi) is 9.67. The number of likely N-dealkylation sites (N-methyl/N-ethyl adjacent to an activating group) is 1. The molecule has 4 heterocycles. The number of Topliss-reactive ketones (excluding diaryl/α,β-unsaturated/α-hetero) is 1. The highest BCUT2D eigenvalue weighted by atomic mass is 16.5. The quantitative estimate of drug-likeness (QED) is 0.237. The van der Waals surface area contributed by atoms with E-state index in [2.05, 4.69) is 33.7 Å². The topological polar surface area (TPSA) is 144 Å². The monoisotopic (exact) mass is 671 g/mol. The maximum atomic E-state index is 13.1. The van der Waals surface area contributed by atoms with E-state index in [1.54, 1.807) is 35.5 Å². The first kappa shape index (κ1) is 35.1. The molecule has 11 nitrogen and oxygen atoms in total. The molecular formula is C38H49N5O6. The van der Waals surface area contributed by atoms with Gasteiger partial charge in [-0.25, -0.2) is 9.79 Å². The number of allylic oxidation sites excluding steroid dienone is 5. The minimum atomic E-state index is -0.759. The van der Waals surface area contributed by atoms with E-state index in [1.807, 2.05) is 46.0 Å². The van der Waals surface area contributed by atoms with Crippen LogP contribution in [0, 0.1) is 22.7 Å². The van der Waals surface area contributed by atoms with Gasteiger partial charge in [0.2, 0.25) is 5.91 Å². The van der Waals surface area contributed by atoms with Gasteiger partial charge in [-0.1, -0.05) is 51.2 Å². The zero-order valence-electron chi connectivity index (χ0n) is 29.1. The number of aliphatic imine (C=N–C) groups is 2.